The quantitative estimate of drug-likeness (QED) is 0.0244. The molecule has 3 atom stereocenters. The number of quaternary nitrogens is 1. The minimum Gasteiger partial charge on any atom is -0.387 e. The fourth-order valence-electron chi connectivity index (χ4n) is 7.06. The number of rotatable bonds is 44. The average Bonchev–Trinajstić information content (AvgIpc) is 3.16. The van der Waals surface area contributed by atoms with E-state index in [1.165, 1.54) is 167 Å². The van der Waals surface area contributed by atoms with Crippen molar-refractivity contribution in [1.82, 2.24) is 5.32 Å². The molecule has 0 heterocycles. The molecule has 9 heteroatoms. The van der Waals surface area contributed by atoms with Gasteiger partial charge in [-0.1, -0.05) is 212 Å². The van der Waals surface area contributed by atoms with Crippen molar-refractivity contribution in [3.05, 3.63) is 24.3 Å². The van der Waals surface area contributed by atoms with Crippen molar-refractivity contribution in [2.75, 3.05) is 40.9 Å². The maximum atomic E-state index is 12.9. The van der Waals surface area contributed by atoms with Crippen LogP contribution in [-0.4, -0.2) is 73.4 Å². The zero-order valence-electron chi connectivity index (χ0n) is 38.3. The summed E-state index contributed by atoms with van der Waals surface area (Å²) in [6.07, 6.45) is 48.2. The highest BCUT2D eigenvalue weighted by Gasteiger charge is 2.27. The molecule has 0 radical (unpaired) electrons. The number of carbonyl (C=O) groups excluding carboxylic acids is 1. The molecule has 0 saturated heterocycles. The van der Waals surface area contributed by atoms with Gasteiger partial charge in [0.05, 0.1) is 39.9 Å². The first-order valence-corrected chi connectivity index (χ1v) is 25.7. The van der Waals surface area contributed by atoms with Crippen LogP contribution in [0.3, 0.4) is 0 Å². The Bertz CT molecular complexity index is 984. The monoisotopic (exact) mass is 828 g/mol. The van der Waals surface area contributed by atoms with Crippen LogP contribution < -0.4 is 5.32 Å². The van der Waals surface area contributed by atoms with Crippen LogP contribution in [0.4, 0.5) is 0 Å². The van der Waals surface area contributed by atoms with Crippen LogP contribution in [0.15, 0.2) is 24.3 Å². The Morgan fingerprint density at radius 3 is 1.40 bits per heavy atom. The third-order valence-corrected chi connectivity index (χ3v) is 11.9. The van der Waals surface area contributed by atoms with Crippen LogP contribution in [0, 0.1) is 0 Å². The molecule has 0 aliphatic heterocycles. The molecule has 0 aromatic carbocycles. The smallest absolute Gasteiger partial charge is 0.387 e. The van der Waals surface area contributed by atoms with Gasteiger partial charge < -0.3 is 19.8 Å². The average molecular weight is 828 g/mol. The van der Waals surface area contributed by atoms with Crippen molar-refractivity contribution in [3.8, 4) is 0 Å². The van der Waals surface area contributed by atoms with E-state index in [0.717, 1.165) is 38.5 Å². The lowest BCUT2D eigenvalue weighted by atomic mass is 10.0. The Labute approximate surface area is 354 Å². The number of hydrogen-bond donors (Lipinski definition) is 3. The van der Waals surface area contributed by atoms with Gasteiger partial charge in [-0.3, -0.25) is 13.8 Å². The van der Waals surface area contributed by atoms with Gasteiger partial charge in [0.25, 0.3) is 0 Å². The number of amides is 1. The lowest BCUT2D eigenvalue weighted by Gasteiger charge is -2.25. The van der Waals surface area contributed by atoms with E-state index in [4.69, 9.17) is 9.05 Å². The molecule has 0 aromatic heterocycles. The summed E-state index contributed by atoms with van der Waals surface area (Å²) in [5, 5.41) is 13.8. The molecule has 3 N–H and O–H groups in total. The summed E-state index contributed by atoms with van der Waals surface area (Å²) in [6.45, 7) is 4.81. The molecule has 338 valence electrons. The molecular formula is C48H96N2O6P+. The van der Waals surface area contributed by atoms with Crippen molar-refractivity contribution < 1.29 is 32.9 Å². The van der Waals surface area contributed by atoms with E-state index >= 15 is 0 Å². The molecule has 0 rings (SSSR count). The van der Waals surface area contributed by atoms with Gasteiger partial charge in [0.2, 0.25) is 5.91 Å². The Kier molecular flexibility index (Phi) is 39.7. The van der Waals surface area contributed by atoms with Crippen molar-refractivity contribution in [1.29, 1.82) is 0 Å². The highest BCUT2D eigenvalue weighted by atomic mass is 31.2. The van der Waals surface area contributed by atoms with E-state index in [1.54, 1.807) is 6.08 Å². The van der Waals surface area contributed by atoms with Gasteiger partial charge in [-0.2, -0.15) is 0 Å². The third kappa shape index (κ3) is 42.9. The van der Waals surface area contributed by atoms with Crippen LogP contribution in [0.1, 0.15) is 226 Å². The van der Waals surface area contributed by atoms with Gasteiger partial charge >= 0.3 is 7.82 Å². The first-order chi connectivity index (χ1) is 27.5. The summed E-state index contributed by atoms with van der Waals surface area (Å²) < 4.78 is 23.6. The van der Waals surface area contributed by atoms with Crippen molar-refractivity contribution in [2.24, 2.45) is 0 Å². The summed E-state index contributed by atoms with van der Waals surface area (Å²) >= 11 is 0. The fraction of sp³-hybridized carbons (Fsp3) is 0.896. The number of unbranched alkanes of at least 4 members (excludes halogenated alkanes) is 29. The summed E-state index contributed by atoms with van der Waals surface area (Å²) in [6, 6.07) is -0.858. The summed E-state index contributed by atoms with van der Waals surface area (Å²) in [5.74, 6) is -0.184. The fourth-order valence-corrected chi connectivity index (χ4v) is 7.79. The number of nitrogens with zero attached hydrogens (tertiary/aromatic N) is 1. The Hall–Kier alpha value is -1.02. The number of carbonyl (C=O) groups is 1. The molecule has 0 fully saturated rings. The van der Waals surface area contributed by atoms with E-state index in [9.17, 15) is 19.4 Å². The molecule has 0 saturated carbocycles. The van der Waals surface area contributed by atoms with E-state index in [0.29, 0.717) is 17.4 Å². The standard InChI is InChI=1S/C48H95N2O6P/c1-6-8-10-12-14-16-18-20-22-24-26-28-30-32-34-36-38-40-42-48(52)49-46(45-56-57(53,54)55-44-43-50(3,4)5)47(51)41-39-37-35-33-31-29-27-25-23-21-19-17-15-13-11-9-7-2/h31,33,39,41,46-47,51H,6-30,32,34-38,40,42-45H2,1-5H3,(H-,49,52,53,54)/p+1/b33-31+,41-39+/t46-,47+/m0/s1. The molecule has 57 heavy (non-hydrogen) atoms. The highest BCUT2D eigenvalue weighted by Crippen LogP contribution is 2.43. The second-order valence-corrected chi connectivity index (χ2v) is 19.3. The maximum absolute atomic E-state index is 12.9. The van der Waals surface area contributed by atoms with Crippen molar-refractivity contribution >= 4 is 13.7 Å². The summed E-state index contributed by atoms with van der Waals surface area (Å²) in [5.41, 5.74) is 0. The first kappa shape index (κ1) is 56.0. The van der Waals surface area contributed by atoms with Crippen LogP contribution in [0.5, 0.6) is 0 Å². The zero-order chi connectivity index (χ0) is 42.1. The van der Waals surface area contributed by atoms with E-state index in [-0.39, 0.29) is 19.1 Å². The molecule has 1 unspecified atom stereocenters. The van der Waals surface area contributed by atoms with E-state index in [2.05, 4.69) is 31.3 Å². The molecule has 8 nitrogen and oxygen atoms in total. The lowest BCUT2D eigenvalue weighted by Crippen LogP contribution is -2.45. The largest absolute Gasteiger partial charge is 0.472 e. The van der Waals surface area contributed by atoms with Gasteiger partial charge in [-0.05, 0) is 32.1 Å². The Morgan fingerprint density at radius 2 is 0.965 bits per heavy atom. The SMILES string of the molecule is CCCCCCCCCCCCC/C=C/CC/C=C/[C@@H](O)[C@H](COP(=O)(O)OCC[N+](C)(C)C)NC(=O)CCCCCCCCCCCCCCCCCCCC. The number of phosphoric acid groups is 1. The normalized spacial score (nSPS) is 14.4. The number of aliphatic hydroxyl groups excluding tert-OH is 1. The number of phosphoric ester groups is 1. The number of aliphatic hydroxyl groups is 1. The Balaban J connectivity index is 4.38. The molecule has 0 aromatic rings. The third-order valence-electron chi connectivity index (χ3n) is 10.9. The highest BCUT2D eigenvalue weighted by molar-refractivity contribution is 7.47. The lowest BCUT2D eigenvalue weighted by molar-refractivity contribution is -0.870. The molecule has 0 bridgehead atoms. The van der Waals surface area contributed by atoms with Crippen molar-refractivity contribution in [2.45, 2.75) is 238 Å². The van der Waals surface area contributed by atoms with E-state index in [1.807, 2.05) is 27.2 Å². The molecule has 0 aliphatic rings. The van der Waals surface area contributed by atoms with Gasteiger partial charge in [-0.15, -0.1) is 0 Å². The Morgan fingerprint density at radius 1 is 0.579 bits per heavy atom. The molecule has 0 aliphatic carbocycles. The maximum Gasteiger partial charge on any atom is 0.472 e. The summed E-state index contributed by atoms with van der Waals surface area (Å²) in [4.78, 5) is 23.2. The van der Waals surface area contributed by atoms with Gasteiger partial charge in [0.1, 0.15) is 13.2 Å². The van der Waals surface area contributed by atoms with Crippen LogP contribution >= 0.6 is 7.82 Å². The molecule has 0 spiro atoms. The second kappa shape index (κ2) is 40.4. The topological polar surface area (TPSA) is 105 Å². The van der Waals surface area contributed by atoms with E-state index < -0.39 is 20.0 Å². The zero-order valence-corrected chi connectivity index (χ0v) is 39.2. The predicted octanol–water partition coefficient (Wildman–Crippen LogP) is 13.7. The molecule has 1 amide bonds. The first-order valence-electron chi connectivity index (χ1n) is 24.2. The number of allylic oxidation sites excluding steroid dienone is 3. The van der Waals surface area contributed by atoms with Crippen LogP contribution in [-0.2, 0) is 18.4 Å². The summed E-state index contributed by atoms with van der Waals surface area (Å²) in [7, 11) is 1.56. The van der Waals surface area contributed by atoms with Crippen molar-refractivity contribution in [3.63, 3.8) is 0 Å². The van der Waals surface area contributed by atoms with Gasteiger partial charge in [-0.25, -0.2) is 4.57 Å². The van der Waals surface area contributed by atoms with Gasteiger partial charge in [0, 0.05) is 6.42 Å². The minimum atomic E-state index is -4.34. The number of likely N-dealkylation sites (N-methyl/N-ethyl adjacent to an activating group) is 1. The van der Waals surface area contributed by atoms with Crippen LogP contribution in [0.25, 0.3) is 0 Å². The number of hydrogen-bond acceptors (Lipinski definition) is 5. The van der Waals surface area contributed by atoms with Gasteiger partial charge in [0.15, 0.2) is 0 Å². The van der Waals surface area contributed by atoms with Crippen LogP contribution in [0.2, 0.25) is 0 Å². The molecular weight excluding hydrogens is 732 g/mol. The number of nitrogens with one attached hydrogen (secondary N) is 1. The second-order valence-electron chi connectivity index (χ2n) is 17.8. The minimum absolute atomic E-state index is 0.0584. The predicted molar refractivity (Wildman–Crippen MR) is 245 cm³/mol.